The van der Waals surface area contributed by atoms with E-state index in [4.69, 9.17) is 23.2 Å². The number of hydrogen-bond acceptors (Lipinski definition) is 3. The monoisotopic (exact) mass is 336 g/mol. The third-order valence-electron chi connectivity index (χ3n) is 2.72. The van der Waals surface area contributed by atoms with Crippen molar-refractivity contribution in [3.05, 3.63) is 74.3 Å². The average Bonchev–Trinajstić information content (AvgIpc) is 2.48. The van der Waals surface area contributed by atoms with Crippen molar-refractivity contribution in [3.63, 3.8) is 0 Å². The second-order valence-electron chi connectivity index (χ2n) is 4.30. The molecule has 0 bridgehead atoms. The number of nitro groups is 1. The molecule has 7 heteroatoms. The topological polar surface area (TPSA) is 72.2 Å². The number of carbonyl (C=O) groups excluding carboxylic acids is 1. The van der Waals surface area contributed by atoms with Gasteiger partial charge in [-0.3, -0.25) is 14.9 Å². The molecule has 5 nitrogen and oxygen atoms in total. The van der Waals surface area contributed by atoms with Crippen LogP contribution in [0.25, 0.3) is 6.08 Å². The maximum atomic E-state index is 11.8. The van der Waals surface area contributed by atoms with Crippen molar-refractivity contribution in [3.8, 4) is 0 Å². The van der Waals surface area contributed by atoms with Gasteiger partial charge in [-0.05, 0) is 42.0 Å². The molecule has 0 atom stereocenters. The summed E-state index contributed by atoms with van der Waals surface area (Å²) >= 11 is 11.7. The van der Waals surface area contributed by atoms with Crippen LogP contribution in [0, 0.1) is 10.1 Å². The Morgan fingerprint density at radius 2 is 1.82 bits per heavy atom. The van der Waals surface area contributed by atoms with E-state index in [2.05, 4.69) is 5.32 Å². The molecular weight excluding hydrogens is 327 g/mol. The molecule has 112 valence electrons. The van der Waals surface area contributed by atoms with Crippen LogP contribution in [0.15, 0.2) is 48.5 Å². The fraction of sp³-hybridized carbons (Fsp3) is 0. The summed E-state index contributed by atoms with van der Waals surface area (Å²) in [7, 11) is 0. The normalized spacial score (nSPS) is 10.6. The molecule has 0 unspecified atom stereocenters. The fourth-order valence-corrected chi connectivity index (χ4v) is 2.10. The number of halogens is 2. The first-order valence-corrected chi connectivity index (χ1v) is 6.90. The van der Waals surface area contributed by atoms with Gasteiger partial charge in [0.15, 0.2) is 0 Å². The van der Waals surface area contributed by atoms with Crippen molar-refractivity contribution in [2.24, 2.45) is 0 Å². The molecule has 0 aromatic heterocycles. The van der Waals surface area contributed by atoms with Crippen LogP contribution in [0.4, 0.5) is 11.4 Å². The largest absolute Gasteiger partial charge is 0.321 e. The van der Waals surface area contributed by atoms with Crippen LogP contribution in [0.3, 0.4) is 0 Å². The zero-order chi connectivity index (χ0) is 16.1. The zero-order valence-corrected chi connectivity index (χ0v) is 12.6. The van der Waals surface area contributed by atoms with Crippen molar-refractivity contribution in [2.75, 3.05) is 5.32 Å². The van der Waals surface area contributed by atoms with Gasteiger partial charge in [-0.1, -0.05) is 23.2 Å². The summed E-state index contributed by atoms with van der Waals surface area (Å²) < 4.78 is 0. The highest BCUT2D eigenvalue weighted by atomic mass is 35.5. The Hall–Kier alpha value is -2.37. The van der Waals surface area contributed by atoms with Crippen LogP contribution in [-0.4, -0.2) is 10.8 Å². The van der Waals surface area contributed by atoms with Crippen LogP contribution in [0.2, 0.25) is 10.0 Å². The van der Waals surface area contributed by atoms with E-state index in [0.29, 0.717) is 21.3 Å². The van der Waals surface area contributed by atoms with Crippen molar-refractivity contribution in [1.29, 1.82) is 0 Å². The molecule has 0 saturated heterocycles. The number of amides is 1. The van der Waals surface area contributed by atoms with Crippen LogP contribution in [0.5, 0.6) is 0 Å². The quantitative estimate of drug-likeness (QED) is 0.505. The Kier molecular flexibility index (Phi) is 5.14. The van der Waals surface area contributed by atoms with E-state index in [0.717, 1.165) is 0 Å². The second-order valence-corrected chi connectivity index (χ2v) is 5.14. The Balaban J connectivity index is 2.03. The van der Waals surface area contributed by atoms with Gasteiger partial charge < -0.3 is 5.32 Å². The maximum Gasteiger partial charge on any atom is 0.269 e. The number of rotatable bonds is 4. The Morgan fingerprint density at radius 3 is 2.41 bits per heavy atom. The molecule has 0 aliphatic rings. The Bertz CT molecular complexity index is 743. The third kappa shape index (κ3) is 4.31. The van der Waals surface area contributed by atoms with Gasteiger partial charge in [0.25, 0.3) is 5.69 Å². The first-order chi connectivity index (χ1) is 10.5. The van der Waals surface area contributed by atoms with Gasteiger partial charge in [0.2, 0.25) is 5.91 Å². The number of hydrogen-bond donors (Lipinski definition) is 1. The van der Waals surface area contributed by atoms with E-state index in [9.17, 15) is 14.9 Å². The maximum absolute atomic E-state index is 11.8. The van der Waals surface area contributed by atoms with E-state index < -0.39 is 4.92 Å². The highest BCUT2D eigenvalue weighted by molar-refractivity contribution is 6.36. The molecule has 2 aromatic rings. The van der Waals surface area contributed by atoms with Crippen LogP contribution < -0.4 is 5.32 Å². The molecule has 22 heavy (non-hydrogen) atoms. The molecule has 0 heterocycles. The molecule has 0 spiro atoms. The minimum absolute atomic E-state index is 0.00505. The van der Waals surface area contributed by atoms with Crippen molar-refractivity contribution < 1.29 is 9.72 Å². The summed E-state index contributed by atoms with van der Waals surface area (Å²) in [6, 6.07) is 10.6. The van der Waals surface area contributed by atoms with Gasteiger partial charge in [-0.15, -0.1) is 0 Å². The number of nitrogens with one attached hydrogen (secondary N) is 1. The molecule has 0 aliphatic carbocycles. The van der Waals surface area contributed by atoms with Crippen LogP contribution in [-0.2, 0) is 4.79 Å². The van der Waals surface area contributed by atoms with Gasteiger partial charge in [0, 0.05) is 23.2 Å². The summed E-state index contributed by atoms with van der Waals surface area (Å²) in [5.41, 5.74) is 1.11. The minimum Gasteiger partial charge on any atom is -0.321 e. The standard InChI is InChI=1S/C15H10Cl2N2O3/c16-11-4-7-14(13(17)9-11)18-15(20)8-3-10-1-5-12(6-2-10)19(21)22/h1-9H,(H,18,20)/b8-3+. The lowest BCUT2D eigenvalue weighted by molar-refractivity contribution is -0.384. The third-order valence-corrected chi connectivity index (χ3v) is 3.27. The Labute approximate surface area is 136 Å². The van der Waals surface area contributed by atoms with Gasteiger partial charge in [0.1, 0.15) is 0 Å². The lowest BCUT2D eigenvalue weighted by Gasteiger charge is -2.04. The number of nitrogens with zero attached hydrogens (tertiary/aromatic N) is 1. The first-order valence-electron chi connectivity index (χ1n) is 6.14. The Morgan fingerprint density at radius 1 is 1.14 bits per heavy atom. The SMILES string of the molecule is O=C(/C=C/c1ccc([N+](=O)[O-])cc1)Nc1ccc(Cl)cc1Cl. The van der Waals surface area contributed by atoms with Crippen LogP contribution >= 0.6 is 23.2 Å². The molecule has 1 N–H and O–H groups in total. The summed E-state index contributed by atoms with van der Waals surface area (Å²) in [6.07, 6.45) is 2.86. The molecule has 0 aliphatic heterocycles. The summed E-state index contributed by atoms with van der Waals surface area (Å²) in [6.45, 7) is 0. The van der Waals surface area contributed by atoms with E-state index in [1.165, 1.54) is 24.3 Å². The number of benzene rings is 2. The van der Waals surface area contributed by atoms with Crippen molar-refractivity contribution in [1.82, 2.24) is 0 Å². The lowest BCUT2D eigenvalue weighted by Crippen LogP contribution is -2.08. The molecule has 2 rings (SSSR count). The van der Waals surface area contributed by atoms with Gasteiger partial charge in [-0.2, -0.15) is 0 Å². The molecule has 0 fully saturated rings. The second kappa shape index (κ2) is 7.06. The zero-order valence-electron chi connectivity index (χ0n) is 11.1. The summed E-state index contributed by atoms with van der Waals surface area (Å²) in [5, 5.41) is 14.0. The highest BCUT2D eigenvalue weighted by Gasteiger charge is 2.05. The molecule has 0 saturated carbocycles. The van der Waals surface area contributed by atoms with E-state index in [-0.39, 0.29) is 11.6 Å². The number of carbonyl (C=O) groups is 1. The van der Waals surface area contributed by atoms with Crippen molar-refractivity contribution in [2.45, 2.75) is 0 Å². The minimum atomic E-state index is -0.483. The lowest BCUT2D eigenvalue weighted by atomic mass is 10.2. The van der Waals surface area contributed by atoms with E-state index >= 15 is 0 Å². The smallest absolute Gasteiger partial charge is 0.269 e. The number of non-ortho nitro benzene ring substituents is 1. The first kappa shape index (κ1) is 16.0. The van der Waals surface area contributed by atoms with Gasteiger partial charge in [-0.25, -0.2) is 0 Å². The summed E-state index contributed by atoms with van der Waals surface area (Å²) in [5.74, 6) is -0.373. The summed E-state index contributed by atoms with van der Waals surface area (Å²) in [4.78, 5) is 21.9. The fourth-order valence-electron chi connectivity index (χ4n) is 1.64. The predicted molar refractivity (Wildman–Crippen MR) is 87.2 cm³/mol. The van der Waals surface area contributed by atoms with Gasteiger partial charge >= 0.3 is 0 Å². The molecule has 1 amide bonds. The number of nitro benzene ring substituents is 1. The molecule has 0 radical (unpaired) electrons. The molecule has 2 aromatic carbocycles. The highest BCUT2D eigenvalue weighted by Crippen LogP contribution is 2.25. The average molecular weight is 337 g/mol. The van der Waals surface area contributed by atoms with E-state index in [1.807, 2.05) is 0 Å². The predicted octanol–water partition coefficient (Wildman–Crippen LogP) is 4.55. The van der Waals surface area contributed by atoms with E-state index in [1.54, 1.807) is 30.3 Å². The van der Waals surface area contributed by atoms with Crippen molar-refractivity contribution >= 4 is 46.6 Å². The van der Waals surface area contributed by atoms with Crippen LogP contribution in [0.1, 0.15) is 5.56 Å². The van der Waals surface area contributed by atoms with Gasteiger partial charge in [0.05, 0.1) is 15.6 Å². The number of anilines is 1. The molecular formula is C15H10Cl2N2O3.